The first-order valence-electron chi connectivity index (χ1n) is 5.32. The fraction of sp³-hybridized carbons (Fsp3) is 0.750. The van der Waals surface area contributed by atoms with Crippen LogP contribution in [-0.4, -0.2) is 17.1 Å². The van der Waals surface area contributed by atoms with Crippen molar-refractivity contribution in [1.82, 2.24) is 0 Å². The van der Waals surface area contributed by atoms with Gasteiger partial charge in [0, 0.05) is 11.1 Å². The molecule has 0 saturated heterocycles. The van der Waals surface area contributed by atoms with Gasteiger partial charge in [-0.25, -0.2) is 4.79 Å². The molecule has 0 heterocycles. The van der Waals surface area contributed by atoms with Gasteiger partial charge in [0.15, 0.2) is 0 Å². The van der Waals surface area contributed by atoms with Crippen LogP contribution in [0.5, 0.6) is 0 Å². The first-order valence-corrected chi connectivity index (χ1v) is 5.32. The molecule has 0 fully saturated rings. The monoisotopic (exact) mass is 213 g/mol. The highest BCUT2D eigenvalue weighted by atomic mass is 16.6. The van der Waals surface area contributed by atoms with Crippen molar-refractivity contribution in [3.05, 3.63) is 12.2 Å². The Balaban J connectivity index is 4.82. The molecule has 0 spiro atoms. The number of nitrogens with two attached hydrogens (primary N) is 1. The average Bonchev–Trinajstić information content (AvgIpc) is 2.02. The summed E-state index contributed by atoms with van der Waals surface area (Å²) in [5, 5.41) is 0. The smallest absolute Gasteiger partial charge is 0.333 e. The lowest BCUT2D eigenvalue weighted by molar-refractivity contribution is -0.160. The fourth-order valence-electron chi connectivity index (χ4n) is 1.27. The number of hydrogen-bond acceptors (Lipinski definition) is 3. The van der Waals surface area contributed by atoms with Crippen LogP contribution in [0.2, 0.25) is 0 Å². The Bertz CT molecular complexity index is 253. The minimum atomic E-state index is -0.641. The van der Waals surface area contributed by atoms with Crippen LogP contribution in [0, 0.1) is 0 Å². The second-order valence-electron chi connectivity index (χ2n) is 4.87. The SMILES string of the molecule is C=C(C)C(=O)OC(C)(CCC)C(C)(C)N. The Labute approximate surface area is 92.7 Å². The van der Waals surface area contributed by atoms with Gasteiger partial charge in [0.1, 0.15) is 5.60 Å². The summed E-state index contributed by atoms with van der Waals surface area (Å²) in [6.45, 7) is 12.9. The Kier molecular flexibility index (Phi) is 4.53. The lowest BCUT2D eigenvalue weighted by Crippen LogP contribution is -2.57. The van der Waals surface area contributed by atoms with Gasteiger partial charge in [-0.3, -0.25) is 0 Å². The number of ether oxygens (including phenoxy) is 1. The van der Waals surface area contributed by atoms with Crippen molar-refractivity contribution in [2.24, 2.45) is 5.73 Å². The highest BCUT2D eigenvalue weighted by Gasteiger charge is 2.41. The van der Waals surface area contributed by atoms with Gasteiger partial charge >= 0.3 is 5.97 Å². The summed E-state index contributed by atoms with van der Waals surface area (Å²) in [7, 11) is 0. The summed E-state index contributed by atoms with van der Waals surface area (Å²) in [6.07, 6.45) is 1.66. The molecule has 0 aromatic rings. The minimum Gasteiger partial charge on any atom is -0.454 e. The summed E-state index contributed by atoms with van der Waals surface area (Å²) in [6, 6.07) is 0. The summed E-state index contributed by atoms with van der Waals surface area (Å²) >= 11 is 0. The van der Waals surface area contributed by atoms with Crippen LogP contribution < -0.4 is 5.73 Å². The van der Waals surface area contributed by atoms with Gasteiger partial charge in [-0.05, 0) is 34.1 Å². The van der Waals surface area contributed by atoms with Crippen molar-refractivity contribution in [2.75, 3.05) is 0 Å². The van der Waals surface area contributed by atoms with Crippen LogP contribution in [0.4, 0.5) is 0 Å². The molecular weight excluding hydrogens is 190 g/mol. The third-order valence-electron chi connectivity index (χ3n) is 2.76. The van der Waals surface area contributed by atoms with Crippen LogP contribution in [-0.2, 0) is 9.53 Å². The molecule has 88 valence electrons. The van der Waals surface area contributed by atoms with Crippen molar-refractivity contribution < 1.29 is 9.53 Å². The largest absolute Gasteiger partial charge is 0.454 e. The van der Waals surface area contributed by atoms with Crippen LogP contribution in [0.3, 0.4) is 0 Å². The van der Waals surface area contributed by atoms with Crippen LogP contribution in [0.25, 0.3) is 0 Å². The van der Waals surface area contributed by atoms with Gasteiger partial charge in [-0.1, -0.05) is 19.9 Å². The van der Waals surface area contributed by atoms with Crippen LogP contribution in [0.1, 0.15) is 47.5 Å². The van der Waals surface area contributed by atoms with Crippen molar-refractivity contribution in [3.63, 3.8) is 0 Å². The zero-order valence-electron chi connectivity index (χ0n) is 10.5. The van der Waals surface area contributed by atoms with E-state index in [1.54, 1.807) is 6.92 Å². The van der Waals surface area contributed by atoms with E-state index < -0.39 is 11.1 Å². The fourth-order valence-corrected chi connectivity index (χ4v) is 1.27. The molecule has 0 aromatic carbocycles. The van der Waals surface area contributed by atoms with Crippen molar-refractivity contribution >= 4 is 5.97 Å². The van der Waals surface area contributed by atoms with E-state index in [2.05, 4.69) is 6.58 Å². The van der Waals surface area contributed by atoms with E-state index in [4.69, 9.17) is 10.5 Å². The second kappa shape index (κ2) is 4.79. The Morgan fingerprint density at radius 2 is 1.87 bits per heavy atom. The Morgan fingerprint density at radius 3 is 2.13 bits per heavy atom. The first kappa shape index (κ1) is 14.2. The number of carbonyl (C=O) groups excluding carboxylic acids is 1. The molecule has 0 amide bonds. The van der Waals surface area contributed by atoms with Gasteiger partial charge in [0.25, 0.3) is 0 Å². The van der Waals surface area contributed by atoms with Gasteiger partial charge in [0.05, 0.1) is 0 Å². The number of rotatable bonds is 5. The molecule has 0 aliphatic carbocycles. The Morgan fingerprint density at radius 1 is 1.40 bits per heavy atom. The maximum atomic E-state index is 11.5. The molecule has 3 nitrogen and oxygen atoms in total. The highest BCUT2D eigenvalue weighted by molar-refractivity contribution is 5.87. The maximum absolute atomic E-state index is 11.5. The molecule has 1 unspecified atom stereocenters. The standard InChI is InChI=1S/C12H23NO2/c1-7-8-12(6,11(4,5)13)15-10(14)9(2)3/h2,7-8,13H2,1,3-6H3. The average molecular weight is 213 g/mol. The highest BCUT2D eigenvalue weighted by Crippen LogP contribution is 2.29. The quantitative estimate of drug-likeness (QED) is 0.563. The zero-order chi connectivity index (χ0) is 12.3. The van der Waals surface area contributed by atoms with Gasteiger partial charge in [0.2, 0.25) is 0 Å². The molecule has 0 radical (unpaired) electrons. The lowest BCUT2D eigenvalue weighted by atomic mass is 9.81. The van der Waals surface area contributed by atoms with E-state index in [1.165, 1.54) is 0 Å². The van der Waals surface area contributed by atoms with E-state index in [1.807, 2.05) is 27.7 Å². The van der Waals surface area contributed by atoms with Crippen molar-refractivity contribution in [3.8, 4) is 0 Å². The molecule has 15 heavy (non-hydrogen) atoms. The molecule has 3 heteroatoms. The summed E-state index contributed by atoms with van der Waals surface area (Å²) < 4.78 is 5.44. The van der Waals surface area contributed by atoms with E-state index in [9.17, 15) is 4.79 Å². The molecule has 2 N–H and O–H groups in total. The molecule has 0 saturated carbocycles. The van der Waals surface area contributed by atoms with Crippen LogP contribution in [0.15, 0.2) is 12.2 Å². The number of esters is 1. The lowest BCUT2D eigenvalue weighted by Gasteiger charge is -2.40. The molecule has 0 aromatic heterocycles. The van der Waals surface area contributed by atoms with Crippen molar-refractivity contribution in [2.45, 2.75) is 58.6 Å². The van der Waals surface area contributed by atoms with E-state index in [0.717, 1.165) is 12.8 Å². The topological polar surface area (TPSA) is 52.3 Å². The maximum Gasteiger partial charge on any atom is 0.333 e. The molecular formula is C12H23NO2. The van der Waals surface area contributed by atoms with Crippen LogP contribution >= 0.6 is 0 Å². The summed E-state index contributed by atoms with van der Waals surface area (Å²) in [5.74, 6) is -0.371. The van der Waals surface area contributed by atoms with E-state index >= 15 is 0 Å². The third-order valence-corrected chi connectivity index (χ3v) is 2.76. The van der Waals surface area contributed by atoms with E-state index in [-0.39, 0.29) is 5.97 Å². The minimum absolute atomic E-state index is 0.371. The number of carbonyl (C=O) groups is 1. The normalized spacial score (nSPS) is 15.6. The summed E-state index contributed by atoms with van der Waals surface area (Å²) in [4.78, 5) is 11.5. The molecule has 0 aliphatic rings. The van der Waals surface area contributed by atoms with Gasteiger partial charge < -0.3 is 10.5 Å². The third kappa shape index (κ3) is 3.67. The molecule has 1 atom stereocenters. The Hall–Kier alpha value is -0.830. The molecule has 0 bridgehead atoms. The summed E-state index contributed by atoms with van der Waals surface area (Å²) in [5.41, 5.74) is 5.24. The van der Waals surface area contributed by atoms with Crippen molar-refractivity contribution in [1.29, 1.82) is 0 Å². The molecule has 0 aliphatic heterocycles. The van der Waals surface area contributed by atoms with Gasteiger partial charge in [-0.15, -0.1) is 0 Å². The first-order chi connectivity index (χ1) is 6.64. The number of hydrogen-bond donors (Lipinski definition) is 1. The zero-order valence-corrected chi connectivity index (χ0v) is 10.5. The van der Waals surface area contributed by atoms with E-state index in [0.29, 0.717) is 5.57 Å². The van der Waals surface area contributed by atoms with Gasteiger partial charge in [-0.2, -0.15) is 0 Å². The second-order valence-corrected chi connectivity index (χ2v) is 4.87. The molecule has 0 rings (SSSR count). The predicted octanol–water partition coefficient (Wildman–Crippen LogP) is 2.40. The predicted molar refractivity (Wildman–Crippen MR) is 62.5 cm³/mol.